The molecule has 0 saturated carbocycles. The van der Waals surface area contributed by atoms with E-state index in [1.54, 1.807) is 36.4 Å². The fourth-order valence-electron chi connectivity index (χ4n) is 3.89. The minimum atomic E-state index is -3.89. The number of hydrogen-bond acceptors (Lipinski definition) is 5. The topological polar surface area (TPSA) is 54.8 Å². The molecule has 4 rings (SSSR count). The maximum atomic E-state index is 13.8. The number of rotatable bonds is 6. The van der Waals surface area contributed by atoms with Gasteiger partial charge >= 0.3 is 0 Å². The van der Waals surface area contributed by atoms with Crippen molar-refractivity contribution in [2.45, 2.75) is 18.4 Å². The highest BCUT2D eigenvalue weighted by molar-refractivity contribution is 9.10. The van der Waals surface area contributed by atoms with E-state index in [4.69, 9.17) is 16.3 Å². The first-order valence-corrected chi connectivity index (χ1v) is 12.8. The molecule has 1 aliphatic rings. The van der Waals surface area contributed by atoms with Gasteiger partial charge in [0.25, 0.3) is 10.0 Å². The van der Waals surface area contributed by atoms with E-state index in [9.17, 15) is 8.42 Å². The monoisotopic (exact) mass is 525 g/mol. The number of piperazine rings is 1. The summed E-state index contributed by atoms with van der Waals surface area (Å²) in [6.07, 6.45) is 0. The number of halogens is 2. The van der Waals surface area contributed by atoms with E-state index in [2.05, 4.69) is 32.8 Å². The highest BCUT2D eigenvalue weighted by Crippen LogP contribution is 2.37. The van der Waals surface area contributed by atoms with Crippen LogP contribution in [0.5, 0.6) is 5.75 Å². The standard InChI is InChI=1S/C22H25BrClN3O3S/c1-3-30-16-8-9-19-17(14-16)22(24)20(15-26-12-10-25(2)11-13-26)27(19)31(28,29)21-7-5-4-6-18(21)23/h4-9,14H,3,10-13,15H2,1-2H3. The van der Waals surface area contributed by atoms with Gasteiger partial charge in [-0.2, -0.15) is 0 Å². The Kier molecular flexibility index (Phi) is 6.65. The van der Waals surface area contributed by atoms with Crippen LogP contribution in [0.4, 0.5) is 0 Å². The van der Waals surface area contributed by atoms with Gasteiger partial charge in [-0.1, -0.05) is 23.7 Å². The third kappa shape index (κ3) is 4.36. The molecular weight excluding hydrogens is 502 g/mol. The molecule has 0 amide bonds. The molecule has 166 valence electrons. The molecule has 0 N–H and O–H groups in total. The summed E-state index contributed by atoms with van der Waals surface area (Å²) in [5.74, 6) is 0.665. The van der Waals surface area contributed by atoms with Crippen LogP contribution < -0.4 is 4.74 Å². The molecule has 0 aliphatic carbocycles. The van der Waals surface area contributed by atoms with Crippen molar-refractivity contribution in [2.24, 2.45) is 0 Å². The highest BCUT2D eigenvalue weighted by atomic mass is 79.9. The van der Waals surface area contributed by atoms with Gasteiger partial charge in [0.15, 0.2) is 0 Å². The van der Waals surface area contributed by atoms with Crippen LogP contribution in [-0.4, -0.2) is 62.0 Å². The van der Waals surface area contributed by atoms with E-state index in [0.717, 1.165) is 26.2 Å². The van der Waals surface area contributed by atoms with E-state index < -0.39 is 10.0 Å². The Morgan fingerprint density at radius 1 is 1.10 bits per heavy atom. The maximum absolute atomic E-state index is 13.8. The van der Waals surface area contributed by atoms with Crippen LogP contribution in [0.25, 0.3) is 10.9 Å². The lowest BCUT2D eigenvalue weighted by molar-refractivity contribution is 0.147. The number of ether oxygens (including phenoxy) is 1. The lowest BCUT2D eigenvalue weighted by Crippen LogP contribution is -2.44. The molecule has 0 spiro atoms. The summed E-state index contributed by atoms with van der Waals surface area (Å²) in [5, 5.41) is 1.12. The molecule has 0 atom stereocenters. The first-order valence-electron chi connectivity index (χ1n) is 10.2. The minimum Gasteiger partial charge on any atom is -0.494 e. The van der Waals surface area contributed by atoms with Crippen molar-refractivity contribution < 1.29 is 13.2 Å². The van der Waals surface area contributed by atoms with Crippen LogP contribution >= 0.6 is 27.5 Å². The number of hydrogen-bond donors (Lipinski definition) is 0. The number of aromatic nitrogens is 1. The number of likely N-dealkylation sites (N-methyl/N-ethyl adjacent to an activating group) is 1. The average molecular weight is 527 g/mol. The van der Waals surface area contributed by atoms with E-state index in [1.165, 1.54) is 3.97 Å². The molecule has 31 heavy (non-hydrogen) atoms. The summed E-state index contributed by atoms with van der Waals surface area (Å²) < 4.78 is 35.2. The lowest BCUT2D eigenvalue weighted by atomic mass is 10.2. The van der Waals surface area contributed by atoms with Crippen molar-refractivity contribution in [3.63, 3.8) is 0 Å². The SMILES string of the molecule is CCOc1ccc2c(c1)c(Cl)c(CN1CCN(C)CC1)n2S(=O)(=O)c1ccccc1Br. The van der Waals surface area contributed by atoms with Crippen LogP contribution in [0.3, 0.4) is 0 Å². The Bertz CT molecular complexity index is 1200. The molecular formula is C22H25BrClN3O3S. The molecule has 0 bridgehead atoms. The summed E-state index contributed by atoms with van der Waals surface area (Å²) in [4.78, 5) is 4.72. The van der Waals surface area contributed by atoms with Crippen LogP contribution in [0.1, 0.15) is 12.6 Å². The Morgan fingerprint density at radius 3 is 2.48 bits per heavy atom. The zero-order chi connectivity index (χ0) is 22.2. The van der Waals surface area contributed by atoms with Crippen molar-refractivity contribution in [2.75, 3.05) is 39.8 Å². The zero-order valence-corrected chi connectivity index (χ0v) is 20.7. The number of benzene rings is 2. The molecule has 9 heteroatoms. The van der Waals surface area contributed by atoms with E-state index >= 15 is 0 Å². The Morgan fingerprint density at radius 2 is 1.81 bits per heavy atom. The molecule has 2 aromatic carbocycles. The Labute approximate surface area is 196 Å². The van der Waals surface area contributed by atoms with Gasteiger partial charge in [0.05, 0.1) is 22.8 Å². The summed E-state index contributed by atoms with van der Waals surface area (Å²) in [7, 11) is -1.79. The zero-order valence-electron chi connectivity index (χ0n) is 17.5. The maximum Gasteiger partial charge on any atom is 0.269 e. The molecule has 1 aliphatic heterocycles. The first-order chi connectivity index (χ1) is 14.8. The predicted molar refractivity (Wildman–Crippen MR) is 128 cm³/mol. The van der Waals surface area contributed by atoms with Crippen LogP contribution in [0, 0.1) is 0 Å². The fraction of sp³-hybridized carbons (Fsp3) is 0.364. The summed E-state index contributed by atoms with van der Waals surface area (Å²) in [5.41, 5.74) is 1.12. The van der Waals surface area contributed by atoms with Gasteiger partial charge in [-0.15, -0.1) is 0 Å². The van der Waals surface area contributed by atoms with Crippen molar-refractivity contribution >= 4 is 48.5 Å². The molecule has 1 fully saturated rings. The Hall–Kier alpha value is -1.58. The molecule has 1 aromatic heterocycles. The quantitative estimate of drug-likeness (QED) is 0.475. The van der Waals surface area contributed by atoms with E-state index in [-0.39, 0.29) is 4.90 Å². The van der Waals surface area contributed by atoms with Gasteiger partial charge in [-0.25, -0.2) is 12.4 Å². The van der Waals surface area contributed by atoms with Crippen LogP contribution in [-0.2, 0) is 16.6 Å². The van der Waals surface area contributed by atoms with Crippen molar-refractivity contribution in [1.29, 1.82) is 0 Å². The second kappa shape index (κ2) is 9.11. The minimum absolute atomic E-state index is 0.206. The van der Waals surface area contributed by atoms with Gasteiger partial charge in [-0.3, -0.25) is 4.90 Å². The number of fused-ring (bicyclic) bond motifs is 1. The van der Waals surface area contributed by atoms with Crippen LogP contribution in [0.15, 0.2) is 51.8 Å². The molecule has 2 heterocycles. The predicted octanol–water partition coefficient (Wildman–Crippen LogP) is 4.44. The summed E-state index contributed by atoms with van der Waals surface area (Å²) >= 11 is 10.2. The molecule has 1 saturated heterocycles. The second-order valence-corrected chi connectivity index (χ2v) is 10.6. The first kappa shape index (κ1) is 22.6. The van der Waals surface area contributed by atoms with Crippen molar-refractivity contribution in [3.8, 4) is 5.75 Å². The fourth-order valence-corrected chi connectivity index (χ4v) is 6.76. The van der Waals surface area contributed by atoms with Crippen LogP contribution in [0.2, 0.25) is 5.02 Å². The molecule has 0 unspecified atom stereocenters. The number of nitrogens with zero attached hydrogens (tertiary/aromatic N) is 3. The normalized spacial score (nSPS) is 16.1. The van der Waals surface area contributed by atoms with E-state index in [0.29, 0.717) is 45.0 Å². The van der Waals surface area contributed by atoms with Gasteiger partial charge in [0.1, 0.15) is 10.6 Å². The molecule has 6 nitrogen and oxygen atoms in total. The van der Waals surface area contributed by atoms with Gasteiger partial charge in [0, 0.05) is 42.6 Å². The van der Waals surface area contributed by atoms with Crippen molar-refractivity contribution in [1.82, 2.24) is 13.8 Å². The van der Waals surface area contributed by atoms with E-state index in [1.807, 2.05) is 13.0 Å². The largest absolute Gasteiger partial charge is 0.494 e. The molecule has 3 aromatic rings. The molecule has 0 radical (unpaired) electrons. The summed E-state index contributed by atoms with van der Waals surface area (Å²) in [6, 6.07) is 12.2. The highest BCUT2D eigenvalue weighted by Gasteiger charge is 2.29. The third-order valence-electron chi connectivity index (χ3n) is 5.56. The van der Waals surface area contributed by atoms with Crippen molar-refractivity contribution in [3.05, 3.63) is 57.7 Å². The summed E-state index contributed by atoms with van der Waals surface area (Å²) in [6.45, 7) is 6.46. The van der Waals surface area contributed by atoms with Gasteiger partial charge < -0.3 is 9.64 Å². The smallest absolute Gasteiger partial charge is 0.269 e. The van der Waals surface area contributed by atoms with Gasteiger partial charge in [-0.05, 0) is 60.2 Å². The average Bonchev–Trinajstić information content (AvgIpc) is 3.02. The lowest BCUT2D eigenvalue weighted by Gasteiger charge is -2.32. The van der Waals surface area contributed by atoms with Gasteiger partial charge in [0.2, 0.25) is 0 Å². The Balaban J connectivity index is 1.90. The second-order valence-electron chi connectivity index (χ2n) is 7.65. The third-order valence-corrected chi connectivity index (χ3v) is 8.74.